The minimum Gasteiger partial charge on any atom is -0.459 e. The lowest BCUT2D eigenvalue weighted by atomic mass is 10.1. The van der Waals surface area contributed by atoms with E-state index in [9.17, 15) is 9.59 Å². The van der Waals surface area contributed by atoms with E-state index in [1.54, 1.807) is 19.1 Å². The minimum absolute atomic E-state index is 0.0808. The first-order valence-corrected chi connectivity index (χ1v) is 8.38. The Hall–Kier alpha value is -2.76. The topological polar surface area (TPSA) is 65.8 Å². The molecule has 0 atom stereocenters. The molecule has 3 rings (SSSR count). The summed E-state index contributed by atoms with van der Waals surface area (Å²) in [6, 6.07) is 9.38. The smallest absolute Gasteiger partial charge is 0.291 e. The van der Waals surface area contributed by atoms with Gasteiger partial charge in [-0.25, -0.2) is 0 Å². The van der Waals surface area contributed by atoms with Gasteiger partial charge in [-0.3, -0.25) is 9.59 Å². The van der Waals surface area contributed by atoms with Crippen molar-refractivity contribution in [3.63, 3.8) is 0 Å². The van der Waals surface area contributed by atoms with Crippen LogP contribution in [-0.2, 0) is 11.3 Å². The van der Waals surface area contributed by atoms with E-state index in [1.165, 1.54) is 6.26 Å². The van der Waals surface area contributed by atoms with Gasteiger partial charge in [0.25, 0.3) is 5.91 Å². The zero-order valence-electron chi connectivity index (χ0n) is 14.8. The number of hydrogen-bond donors (Lipinski definition) is 1. The van der Waals surface area contributed by atoms with E-state index in [2.05, 4.69) is 5.32 Å². The molecular weight excluding hydrogens is 318 g/mol. The fourth-order valence-electron chi connectivity index (χ4n) is 2.89. The average molecular weight is 341 g/mol. The van der Waals surface area contributed by atoms with Gasteiger partial charge in [0.2, 0.25) is 5.91 Å². The van der Waals surface area contributed by atoms with Crippen LogP contribution in [0, 0.1) is 0 Å². The molecule has 1 aliphatic rings. The lowest BCUT2D eigenvalue weighted by Gasteiger charge is -2.25. The second-order valence-electron chi connectivity index (χ2n) is 6.55. The second-order valence-corrected chi connectivity index (χ2v) is 6.55. The van der Waals surface area contributed by atoms with Crippen LogP contribution in [0.15, 0.2) is 41.0 Å². The van der Waals surface area contributed by atoms with Crippen LogP contribution in [0.25, 0.3) is 0 Å². The van der Waals surface area contributed by atoms with Crippen molar-refractivity contribution in [2.24, 2.45) is 0 Å². The van der Waals surface area contributed by atoms with E-state index < -0.39 is 0 Å². The normalized spacial score (nSPS) is 13.4. The Balaban J connectivity index is 1.84. The molecule has 2 aromatic rings. The zero-order valence-corrected chi connectivity index (χ0v) is 14.8. The van der Waals surface area contributed by atoms with E-state index in [-0.39, 0.29) is 17.6 Å². The maximum absolute atomic E-state index is 12.2. The molecule has 6 nitrogen and oxygen atoms in total. The number of carbonyl (C=O) groups is 2. The number of furan rings is 1. The van der Waals surface area contributed by atoms with Gasteiger partial charge in [-0.15, -0.1) is 0 Å². The molecule has 1 saturated carbocycles. The van der Waals surface area contributed by atoms with Crippen molar-refractivity contribution in [3.05, 3.63) is 47.9 Å². The minimum atomic E-state index is -0.292. The third kappa shape index (κ3) is 4.02. The Bertz CT molecular complexity index is 764. The first-order chi connectivity index (χ1) is 12.0. The Morgan fingerprint density at radius 3 is 2.56 bits per heavy atom. The molecule has 1 N–H and O–H groups in total. The molecule has 1 aromatic heterocycles. The third-order valence-electron chi connectivity index (χ3n) is 4.30. The molecule has 2 amide bonds. The van der Waals surface area contributed by atoms with Gasteiger partial charge in [-0.2, -0.15) is 0 Å². The van der Waals surface area contributed by atoms with Crippen molar-refractivity contribution in [2.45, 2.75) is 32.4 Å². The molecule has 1 aliphatic carbocycles. The van der Waals surface area contributed by atoms with Gasteiger partial charge in [0.15, 0.2) is 5.76 Å². The molecule has 132 valence electrons. The number of carbonyl (C=O) groups excluding carboxylic acids is 2. The summed E-state index contributed by atoms with van der Waals surface area (Å²) in [5.74, 6) is 0.0537. The quantitative estimate of drug-likeness (QED) is 0.877. The number of anilines is 2. The van der Waals surface area contributed by atoms with Crippen LogP contribution in [-0.4, -0.2) is 36.9 Å². The lowest BCUT2D eigenvalue weighted by molar-refractivity contribution is -0.130. The van der Waals surface area contributed by atoms with Crippen LogP contribution in [0.2, 0.25) is 0 Å². The standard InChI is InChI=1S/C19H23N3O3/c1-13(23)22(16-7-8-16)12-14-11-15(6-9-17(14)21(2)3)20-19(24)18-5-4-10-25-18/h4-6,9-11,16H,7-8,12H2,1-3H3,(H,20,24). The zero-order chi connectivity index (χ0) is 18.0. The van der Waals surface area contributed by atoms with Gasteiger partial charge in [-0.05, 0) is 48.7 Å². The Labute approximate surface area is 147 Å². The molecule has 0 unspecified atom stereocenters. The molecule has 0 spiro atoms. The van der Waals surface area contributed by atoms with E-state index in [4.69, 9.17) is 4.42 Å². The summed E-state index contributed by atoms with van der Waals surface area (Å²) >= 11 is 0. The van der Waals surface area contributed by atoms with Crippen LogP contribution in [0.4, 0.5) is 11.4 Å². The summed E-state index contributed by atoms with van der Waals surface area (Å²) in [6.45, 7) is 2.15. The lowest BCUT2D eigenvalue weighted by Crippen LogP contribution is -2.31. The summed E-state index contributed by atoms with van der Waals surface area (Å²) in [4.78, 5) is 28.0. The Kier molecular flexibility index (Phi) is 4.79. The highest BCUT2D eigenvalue weighted by molar-refractivity contribution is 6.02. The number of nitrogens with zero attached hydrogens (tertiary/aromatic N) is 2. The van der Waals surface area contributed by atoms with Gasteiger partial charge in [0.1, 0.15) is 0 Å². The predicted molar refractivity (Wildman–Crippen MR) is 96.7 cm³/mol. The highest BCUT2D eigenvalue weighted by Crippen LogP contribution is 2.31. The predicted octanol–water partition coefficient (Wildman–Crippen LogP) is 3.11. The molecule has 25 heavy (non-hydrogen) atoms. The van der Waals surface area contributed by atoms with E-state index in [0.29, 0.717) is 18.3 Å². The second kappa shape index (κ2) is 7.01. The molecule has 1 heterocycles. The number of rotatable bonds is 6. The summed E-state index contributed by atoms with van der Waals surface area (Å²) < 4.78 is 5.12. The molecule has 0 bridgehead atoms. The molecule has 0 aliphatic heterocycles. The van der Waals surface area contributed by atoms with E-state index >= 15 is 0 Å². The maximum Gasteiger partial charge on any atom is 0.291 e. The van der Waals surface area contributed by atoms with Gasteiger partial charge >= 0.3 is 0 Å². The number of hydrogen-bond acceptors (Lipinski definition) is 4. The SMILES string of the molecule is CC(=O)N(Cc1cc(NC(=O)c2ccco2)ccc1N(C)C)C1CC1. The largest absolute Gasteiger partial charge is 0.459 e. The molecule has 0 saturated heterocycles. The summed E-state index contributed by atoms with van der Waals surface area (Å²) in [7, 11) is 3.93. The number of benzene rings is 1. The van der Waals surface area contributed by atoms with Crippen molar-refractivity contribution in [1.82, 2.24) is 4.90 Å². The molecule has 0 radical (unpaired) electrons. The number of nitrogens with one attached hydrogen (secondary N) is 1. The van der Waals surface area contributed by atoms with Crippen molar-refractivity contribution < 1.29 is 14.0 Å². The maximum atomic E-state index is 12.2. The highest BCUT2D eigenvalue weighted by Gasteiger charge is 2.31. The number of amides is 2. The monoisotopic (exact) mass is 341 g/mol. The summed E-state index contributed by atoms with van der Waals surface area (Å²) in [5.41, 5.74) is 2.72. The molecule has 6 heteroatoms. The van der Waals surface area contributed by atoms with Gasteiger partial charge in [0.05, 0.1) is 6.26 Å². The van der Waals surface area contributed by atoms with Crippen LogP contribution in [0.5, 0.6) is 0 Å². The van der Waals surface area contributed by atoms with Crippen LogP contribution < -0.4 is 10.2 Å². The third-order valence-corrected chi connectivity index (χ3v) is 4.30. The van der Waals surface area contributed by atoms with Crippen LogP contribution >= 0.6 is 0 Å². The first-order valence-electron chi connectivity index (χ1n) is 8.38. The summed E-state index contributed by atoms with van der Waals surface area (Å²) in [6.07, 6.45) is 3.59. The van der Waals surface area contributed by atoms with Crippen LogP contribution in [0.3, 0.4) is 0 Å². The Morgan fingerprint density at radius 2 is 2.00 bits per heavy atom. The van der Waals surface area contributed by atoms with Gasteiger partial charge < -0.3 is 19.5 Å². The van der Waals surface area contributed by atoms with Gasteiger partial charge in [-0.1, -0.05) is 0 Å². The van der Waals surface area contributed by atoms with Crippen molar-refractivity contribution >= 4 is 23.2 Å². The fraction of sp³-hybridized carbons (Fsp3) is 0.368. The van der Waals surface area contributed by atoms with E-state index in [0.717, 1.165) is 24.1 Å². The molecular formula is C19H23N3O3. The summed E-state index contributed by atoms with van der Waals surface area (Å²) in [5, 5.41) is 2.84. The molecule has 1 fully saturated rings. The average Bonchev–Trinajstić information content (AvgIpc) is 3.24. The Morgan fingerprint density at radius 1 is 1.24 bits per heavy atom. The van der Waals surface area contributed by atoms with E-state index in [1.807, 2.05) is 42.1 Å². The van der Waals surface area contributed by atoms with Crippen LogP contribution in [0.1, 0.15) is 35.9 Å². The van der Waals surface area contributed by atoms with Crippen molar-refractivity contribution in [2.75, 3.05) is 24.3 Å². The first kappa shape index (κ1) is 17.1. The van der Waals surface area contributed by atoms with Crippen molar-refractivity contribution in [3.8, 4) is 0 Å². The fourth-order valence-corrected chi connectivity index (χ4v) is 2.89. The van der Waals surface area contributed by atoms with Crippen molar-refractivity contribution in [1.29, 1.82) is 0 Å². The highest BCUT2D eigenvalue weighted by atomic mass is 16.3. The van der Waals surface area contributed by atoms with Gasteiger partial charge in [0, 0.05) is 45.0 Å². The molecule has 1 aromatic carbocycles.